The van der Waals surface area contributed by atoms with Crippen molar-refractivity contribution in [3.63, 3.8) is 0 Å². The molecule has 0 aliphatic carbocycles. The number of piperazine rings is 1. The first-order valence-corrected chi connectivity index (χ1v) is 14.8. The van der Waals surface area contributed by atoms with E-state index in [0.29, 0.717) is 51.3 Å². The van der Waals surface area contributed by atoms with Gasteiger partial charge in [0.1, 0.15) is 11.5 Å². The molecule has 0 bridgehead atoms. The summed E-state index contributed by atoms with van der Waals surface area (Å²) in [6.07, 6.45) is 6.59. The van der Waals surface area contributed by atoms with Gasteiger partial charge >= 0.3 is 0 Å². The third kappa shape index (κ3) is 5.77. The van der Waals surface area contributed by atoms with E-state index in [1.54, 1.807) is 19.2 Å². The molecule has 2 aliphatic heterocycles. The highest BCUT2D eigenvalue weighted by molar-refractivity contribution is 7.89. The van der Waals surface area contributed by atoms with E-state index in [0.717, 1.165) is 22.5 Å². The summed E-state index contributed by atoms with van der Waals surface area (Å²) < 4.78 is 34.5. The molecule has 2 aliphatic rings. The van der Waals surface area contributed by atoms with E-state index in [4.69, 9.17) is 4.52 Å². The molecule has 2 fully saturated rings. The number of sulfonamides is 1. The Labute approximate surface area is 230 Å². The second kappa shape index (κ2) is 11.3. The number of hydrogen-bond acceptors (Lipinski definition) is 7. The summed E-state index contributed by atoms with van der Waals surface area (Å²) in [7, 11) is -3.91. The molecule has 1 atom stereocenters. The molecule has 206 valence electrons. The number of carbonyl (C=O) groups is 1. The molecule has 10 heteroatoms. The Kier molecular flexibility index (Phi) is 7.86. The number of anilines is 1. The van der Waals surface area contributed by atoms with Crippen molar-refractivity contribution in [1.29, 1.82) is 0 Å². The van der Waals surface area contributed by atoms with Gasteiger partial charge in [0.2, 0.25) is 15.9 Å². The maximum Gasteiger partial charge on any atom is 0.248 e. The van der Waals surface area contributed by atoms with Crippen molar-refractivity contribution < 1.29 is 17.7 Å². The van der Waals surface area contributed by atoms with Crippen molar-refractivity contribution in [3.8, 4) is 0 Å². The molecule has 2 saturated heterocycles. The van der Waals surface area contributed by atoms with E-state index in [1.165, 1.54) is 4.31 Å². The minimum Gasteiger partial charge on any atom is -0.355 e. The molecule has 0 saturated carbocycles. The molecule has 1 amide bonds. The third-order valence-electron chi connectivity index (χ3n) is 7.58. The number of pyridine rings is 1. The SMILES string of the molecule is Cc1ccc(C)c(C=Cc2onc(C)c2S(=O)(=O)N2CCCC(C(=O)N3CCN(c4ccccn4)CC3)C2)c1. The molecule has 3 aromatic rings. The highest BCUT2D eigenvalue weighted by Crippen LogP contribution is 2.30. The molecule has 0 N–H and O–H groups in total. The predicted molar refractivity (Wildman–Crippen MR) is 151 cm³/mol. The average Bonchev–Trinajstić information content (AvgIpc) is 3.34. The van der Waals surface area contributed by atoms with Crippen LogP contribution in [0.25, 0.3) is 12.2 Å². The molecular weight excluding hydrogens is 514 g/mol. The van der Waals surface area contributed by atoms with Gasteiger partial charge in [-0.15, -0.1) is 0 Å². The summed E-state index contributed by atoms with van der Waals surface area (Å²) >= 11 is 0. The number of piperidine rings is 1. The van der Waals surface area contributed by atoms with Gasteiger partial charge in [-0.3, -0.25) is 4.79 Å². The fourth-order valence-corrected chi connectivity index (χ4v) is 7.12. The third-order valence-corrected chi connectivity index (χ3v) is 9.60. The largest absolute Gasteiger partial charge is 0.355 e. The number of nitrogens with zero attached hydrogens (tertiary/aromatic N) is 5. The van der Waals surface area contributed by atoms with Crippen molar-refractivity contribution in [3.05, 3.63) is 70.7 Å². The Bertz CT molecular complexity index is 1460. The quantitative estimate of drug-likeness (QED) is 0.460. The summed E-state index contributed by atoms with van der Waals surface area (Å²) in [5, 5.41) is 3.97. The molecule has 5 rings (SSSR count). The number of carbonyl (C=O) groups excluding carboxylic acids is 1. The summed E-state index contributed by atoms with van der Waals surface area (Å²) in [6, 6.07) is 11.9. The molecule has 2 aromatic heterocycles. The lowest BCUT2D eigenvalue weighted by Crippen LogP contribution is -2.53. The number of benzene rings is 1. The highest BCUT2D eigenvalue weighted by Gasteiger charge is 2.38. The second-order valence-corrected chi connectivity index (χ2v) is 12.2. The first kappa shape index (κ1) is 27.1. The molecule has 4 heterocycles. The smallest absolute Gasteiger partial charge is 0.248 e. The van der Waals surface area contributed by atoms with Gasteiger partial charge in [-0.1, -0.05) is 41.1 Å². The summed E-state index contributed by atoms with van der Waals surface area (Å²) in [4.78, 5) is 21.9. The molecule has 1 unspecified atom stereocenters. The van der Waals surface area contributed by atoms with E-state index in [2.05, 4.69) is 15.0 Å². The van der Waals surface area contributed by atoms with Crippen LogP contribution in [-0.4, -0.2) is 72.9 Å². The maximum atomic E-state index is 13.8. The van der Waals surface area contributed by atoms with Crippen LogP contribution in [-0.2, 0) is 14.8 Å². The van der Waals surface area contributed by atoms with E-state index < -0.39 is 10.0 Å². The summed E-state index contributed by atoms with van der Waals surface area (Å²) in [5.41, 5.74) is 3.49. The Morgan fingerprint density at radius 2 is 1.82 bits per heavy atom. The van der Waals surface area contributed by atoms with Crippen LogP contribution in [0.4, 0.5) is 5.82 Å². The second-order valence-electron chi connectivity index (χ2n) is 10.4. The van der Waals surface area contributed by atoms with Crippen LogP contribution in [0.1, 0.15) is 41.0 Å². The van der Waals surface area contributed by atoms with Crippen molar-refractivity contribution >= 4 is 33.9 Å². The summed E-state index contributed by atoms with van der Waals surface area (Å²) in [5.74, 6) is 0.759. The number of aryl methyl sites for hydroxylation is 3. The number of aromatic nitrogens is 2. The zero-order chi connectivity index (χ0) is 27.6. The first-order valence-electron chi connectivity index (χ1n) is 13.4. The van der Waals surface area contributed by atoms with E-state index in [9.17, 15) is 13.2 Å². The van der Waals surface area contributed by atoms with Crippen molar-refractivity contribution in [2.45, 2.75) is 38.5 Å². The first-order chi connectivity index (χ1) is 18.7. The van der Waals surface area contributed by atoms with Crippen LogP contribution in [0.2, 0.25) is 0 Å². The maximum absolute atomic E-state index is 13.8. The molecule has 1 aromatic carbocycles. The van der Waals surface area contributed by atoms with Gasteiger partial charge in [0.25, 0.3) is 0 Å². The average molecular weight is 550 g/mol. The predicted octanol–water partition coefficient (Wildman–Crippen LogP) is 3.91. The van der Waals surface area contributed by atoms with Crippen LogP contribution in [0.5, 0.6) is 0 Å². The fourth-order valence-electron chi connectivity index (χ4n) is 5.35. The highest BCUT2D eigenvalue weighted by atomic mass is 32.2. The van der Waals surface area contributed by atoms with E-state index in [1.807, 2.05) is 61.2 Å². The molecule has 39 heavy (non-hydrogen) atoms. The minimum atomic E-state index is -3.91. The van der Waals surface area contributed by atoms with E-state index >= 15 is 0 Å². The van der Waals surface area contributed by atoms with Gasteiger partial charge in [0, 0.05) is 45.5 Å². The van der Waals surface area contributed by atoms with Crippen LogP contribution >= 0.6 is 0 Å². The Hall–Kier alpha value is -3.50. The lowest BCUT2D eigenvalue weighted by Gasteiger charge is -2.39. The molecular formula is C29H35N5O4S. The number of amides is 1. The van der Waals surface area contributed by atoms with Gasteiger partial charge < -0.3 is 14.3 Å². The minimum absolute atomic E-state index is 0.0210. The van der Waals surface area contributed by atoms with Gasteiger partial charge in [-0.2, -0.15) is 4.31 Å². The van der Waals surface area contributed by atoms with Crippen molar-refractivity contribution in [2.75, 3.05) is 44.2 Å². The van der Waals surface area contributed by atoms with Crippen LogP contribution in [0.3, 0.4) is 0 Å². The van der Waals surface area contributed by atoms with Gasteiger partial charge in [-0.25, -0.2) is 13.4 Å². The van der Waals surface area contributed by atoms with E-state index in [-0.39, 0.29) is 29.0 Å². The number of rotatable bonds is 6. The van der Waals surface area contributed by atoms with Crippen LogP contribution in [0, 0.1) is 26.7 Å². The lowest BCUT2D eigenvalue weighted by molar-refractivity contribution is -0.137. The van der Waals surface area contributed by atoms with Gasteiger partial charge in [-0.05, 0) is 62.9 Å². The van der Waals surface area contributed by atoms with Crippen LogP contribution in [0.15, 0.2) is 52.0 Å². The zero-order valence-electron chi connectivity index (χ0n) is 22.7. The van der Waals surface area contributed by atoms with Gasteiger partial charge in [0.15, 0.2) is 10.7 Å². The van der Waals surface area contributed by atoms with Gasteiger partial charge in [0.05, 0.1) is 5.92 Å². The molecule has 0 spiro atoms. The number of hydrogen-bond donors (Lipinski definition) is 0. The normalized spacial score (nSPS) is 19.1. The Morgan fingerprint density at radius 3 is 2.56 bits per heavy atom. The van der Waals surface area contributed by atoms with Crippen molar-refractivity contribution in [1.82, 2.24) is 19.3 Å². The lowest BCUT2D eigenvalue weighted by atomic mass is 9.98. The zero-order valence-corrected chi connectivity index (χ0v) is 23.5. The van der Waals surface area contributed by atoms with Crippen molar-refractivity contribution in [2.24, 2.45) is 5.92 Å². The Morgan fingerprint density at radius 1 is 1.03 bits per heavy atom. The standard InChI is InChI=1S/C29H35N5O4S/c1-21-9-10-22(2)24(19-21)11-12-26-28(23(3)31-38-26)39(36,37)34-14-6-7-25(20-34)29(35)33-17-15-32(16-18-33)27-8-4-5-13-30-27/h4-5,8-13,19,25H,6-7,14-18,20H2,1-3H3. The Balaban J connectivity index is 1.29. The summed E-state index contributed by atoms with van der Waals surface area (Å²) in [6.45, 7) is 8.77. The monoisotopic (exact) mass is 549 g/mol. The molecule has 0 radical (unpaired) electrons. The fraction of sp³-hybridized carbons (Fsp3) is 0.414. The topological polar surface area (TPSA) is 99.8 Å². The van der Waals surface area contributed by atoms with Crippen LogP contribution < -0.4 is 4.90 Å². The molecule has 9 nitrogen and oxygen atoms in total.